The molecule has 0 bridgehead atoms. The number of rotatable bonds is 30. The van der Waals surface area contributed by atoms with Gasteiger partial charge >= 0.3 is 0 Å². The van der Waals surface area contributed by atoms with Gasteiger partial charge in [0.1, 0.15) is 18.3 Å². The van der Waals surface area contributed by atoms with E-state index in [-0.39, 0.29) is 44.4 Å². The lowest BCUT2D eigenvalue weighted by Crippen LogP contribution is -2.53. The Balaban J connectivity index is 5.01. The van der Waals surface area contributed by atoms with Crippen molar-refractivity contribution < 1.29 is 34.3 Å². The first-order valence-corrected chi connectivity index (χ1v) is 17.5. The first-order valence-electron chi connectivity index (χ1n) is 17.5. The van der Waals surface area contributed by atoms with Crippen molar-refractivity contribution in [1.29, 1.82) is 0 Å². The molecule has 8 nitrogen and oxygen atoms in total. The molecule has 0 aromatic carbocycles. The van der Waals surface area contributed by atoms with Crippen molar-refractivity contribution in [2.75, 3.05) is 19.8 Å². The summed E-state index contributed by atoms with van der Waals surface area (Å²) in [5, 5.41) is 34.4. The van der Waals surface area contributed by atoms with Gasteiger partial charge in [0.15, 0.2) is 0 Å². The summed E-state index contributed by atoms with van der Waals surface area (Å²) in [7, 11) is 0. The summed E-state index contributed by atoms with van der Waals surface area (Å²) < 4.78 is 17.6. The SMILES string of the molecule is CCC/C=C\CC(=O)N[C@@H](COC[C@H](O)[C@H](CO)OC(C)C)[C@H](OC(C)C)[C@H](O)CCCCCCCCCCCCCC. The minimum atomic E-state index is -1.03. The standard InChI is InChI=1S/C35H69NO7/c1-7-9-11-13-14-15-16-17-18-19-20-21-23-31(38)35(43-29(5)6)30(36-34(40)24-22-12-10-8-2)26-41-27-32(39)33(25-37)42-28(3)4/h12,22,28-33,35,37-39H,7-11,13-21,23-27H2,1-6H3,(H,36,40)/b22-12-/t30-,31+,32-,33-,35-/m0/s1. The molecule has 1 amide bonds. The number of aliphatic hydroxyl groups excluding tert-OH is 3. The molecule has 4 N–H and O–H groups in total. The number of ether oxygens (including phenoxy) is 3. The molecule has 5 atom stereocenters. The molecular weight excluding hydrogens is 546 g/mol. The zero-order valence-electron chi connectivity index (χ0n) is 28.6. The van der Waals surface area contributed by atoms with Crippen LogP contribution in [-0.4, -0.2) is 83.7 Å². The van der Waals surface area contributed by atoms with E-state index in [1.807, 2.05) is 39.8 Å². The third-order valence-electron chi connectivity index (χ3n) is 7.47. The van der Waals surface area contributed by atoms with Crippen LogP contribution >= 0.6 is 0 Å². The second-order valence-corrected chi connectivity index (χ2v) is 12.5. The van der Waals surface area contributed by atoms with Crippen LogP contribution in [0.2, 0.25) is 0 Å². The number of nitrogens with one attached hydrogen (secondary N) is 1. The van der Waals surface area contributed by atoms with Gasteiger partial charge in [0.2, 0.25) is 5.91 Å². The van der Waals surface area contributed by atoms with Gasteiger partial charge in [-0.05, 0) is 40.5 Å². The Morgan fingerprint density at radius 2 is 1.28 bits per heavy atom. The van der Waals surface area contributed by atoms with E-state index in [2.05, 4.69) is 19.2 Å². The van der Waals surface area contributed by atoms with Crippen LogP contribution in [0, 0.1) is 0 Å². The Morgan fingerprint density at radius 3 is 1.79 bits per heavy atom. The molecule has 256 valence electrons. The average Bonchev–Trinajstić information content (AvgIpc) is 2.96. The van der Waals surface area contributed by atoms with Gasteiger partial charge in [-0.1, -0.05) is 109 Å². The zero-order chi connectivity index (χ0) is 32.3. The van der Waals surface area contributed by atoms with Gasteiger partial charge in [-0.15, -0.1) is 0 Å². The van der Waals surface area contributed by atoms with Crippen LogP contribution < -0.4 is 5.32 Å². The highest BCUT2D eigenvalue weighted by molar-refractivity contribution is 5.77. The number of unbranched alkanes of at least 4 members (excludes halogenated alkanes) is 12. The molecule has 0 aliphatic rings. The number of carbonyl (C=O) groups excluding carboxylic acids is 1. The van der Waals surface area contributed by atoms with Crippen LogP contribution in [0.4, 0.5) is 0 Å². The summed E-state index contributed by atoms with van der Waals surface area (Å²) in [6.45, 7) is 11.5. The predicted octanol–water partition coefficient (Wildman–Crippen LogP) is 6.63. The van der Waals surface area contributed by atoms with Gasteiger partial charge in [0.05, 0.1) is 44.2 Å². The van der Waals surface area contributed by atoms with Gasteiger partial charge < -0.3 is 34.8 Å². The Labute approximate surface area is 264 Å². The summed E-state index contributed by atoms with van der Waals surface area (Å²) in [5.74, 6) is -0.173. The Hall–Kier alpha value is -1.03. The van der Waals surface area contributed by atoms with Crippen LogP contribution in [0.15, 0.2) is 12.2 Å². The fourth-order valence-electron chi connectivity index (χ4n) is 5.11. The van der Waals surface area contributed by atoms with E-state index in [0.717, 1.165) is 32.1 Å². The van der Waals surface area contributed by atoms with Gasteiger partial charge in [-0.3, -0.25) is 4.79 Å². The van der Waals surface area contributed by atoms with Gasteiger partial charge in [0, 0.05) is 6.42 Å². The summed E-state index contributed by atoms with van der Waals surface area (Å²) in [6, 6.07) is -0.604. The summed E-state index contributed by atoms with van der Waals surface area (Å²) in [6.07, 6.45) is 18.1. The van der Waals surface area contributed by atoms with E-state index in [4.69, 9.17) is 14.2 Å². The molecule has 8 heteroatoms. The second-order valence-electron chi connectivity index (χ2n) is 12.5. The maximum Gasteiger partial charge on any atom is 0.224 e. The molecule has 0 aromatic rings. The quantitative estimate of drug-likeness (QED) is 0.0529. The summed E-state index contributed by atoms with van der Waals surface area (Å²) in [4.78, 5) is 12.8. The predicted molar refractivity (Wildman–Crippen MR) is 176 cm³/mol. The number of amides is 1. The number of aliphatic hydroxyl groups is 3. The highest BCUT2D eigenvalue weighted by Crippen LogP contribution is 2.18. The lowest BCUT2D eigenvalue weighted by atomic mass is 9.98. The van der Waals surface area contributed by atoms with Crippen molar-refractivity contribution >= 4 is 5.91 Å². The summed E-state index contributed by atoms with van der Waals surface area (Å²) in [5.41, 5.74) is 0. The minimum absolute atomic E-state index is 0.0498. The maximum absolute atomic E-state index is 12.8. The highest BCUT2D eigenvalue weighted by atomic mass is 16.5. The third kappa shape index (κ3) is 23.9. The van der Waals surface area contributed by atoms with Crippen LogP contribution in [0.1, 0.15) is 144 Å². The molecule has 43 heavy (non-hydrogen) atoms. The first kappa shape index (κ1) is 42.0. The number of hydrogen-bond acceptors (Lipinski definition) is 7. The fraction of sp³-hybridized carbons (Fsp3) is 0.914. The molecule has 0 saturated heterocycles. The smallest absolute Gasteiger partial charge is 0.224 e. The van der Waals surface area contributed by atoms with Gasteiger partial charge in [-0.2, -0.15) is 0 Å². The molecule has 0 heterocycles. The second kappa shape index (κ2) is 28.4. The maximum atomic E-state index is 12.8. The van der Waals surface area contributed by atoms with Crippen molar-refractivity contribution in [1.82, 2.24) is 5.32 Å². The van der Waals surface area contributed by atoms with Crippen molar-refractivity contribution in [3.63, 3.8) is 0 Å². The van der Waals surface area contributed by atoms with E-state index in [0.29, 0.717) is 6.42 Å². The average molecular weight is 616 g/mol. The molecule has 0 spiro atoms. The highest BCUT2D eigenvalue weighted by Gasteiger charge is 2.32. The number of carbonyl (C=O) groups is 1. The van der Waals surface area contributed by atoms with Crippen molar-refractivity contribution in [3.05, 3.63) is 12.2 Å². The third-order valence-corrected chi connectivity index (χ3v) is 7.47. The van der Waals surface area contributed by atoms with Crippen molar-refractivity contribution in [3.8, 4) is 0 Å². The van der Waals surface area contributed by atoms with Crippen molar-refractivity contribution in [2.45, 2.75) is 187 Å². The number of hydrogen-bond donors (Lipinski definition) is 4. The van der Waals surface area contributed by atoms with Gasteiger partial charge in [0.25, 0.3) is 0 Å². The van der Waals surface area contributed by atoms with E-state index in [1.165, 1.54) is 57.8 Å². The van der Waals surface area contributed by atoms with Crippen molar-refractivity contribution in [2.24, 2.45) is 0 Å². The molecule has 0 radical (unpaired) electrons. The molecule has 0 unspecified atom stereocenters. The largest absolute Gasteiger partial charge is 0.394 e. The van der Waals surface area contributed by atoms with Crippen LogP contribution in [0.5, 0.6) is 0 Å². The molecule has 0 aliphatic heterocycles. The Bertz CT molecular complexity index is 658. The lowest BCUT2D eigenvalue weighted by molar-refractivity contribution is -0.133. The Kier molecular flexibility index (Phi) is 27.8. The minimum Gasteiger partial charge on any atom is -0.394 e. The van der Waals surface area contributed by atoms with Crippen LogP contribution in [-0.2, 0) is 19.0 Å². The normalized spacial score (nSPS) is 15.7. The van der Waals surface area contributed by atoms with E-state index in [9.17, 15) is 20.1 Å². The first-order chi connectivity index (χ1) is 20.7. The zero-order valence-corrected chi connectivity index (χ0v) is 28.6. The van der Waals surface area contributed by atoms with Crippen LogP contribution in [0.25, 0.3) is 0 Å². The molecule has 0 rings (SSSR count). The van der Waals surface area contributed by atoms with E-state index < -0.39 is 30.5 Å². The molecule has 0 saturated carbocycles. The fourth-order valence-corrected chi connectivity index (χ4v) is 5.11. The van der Waals surface area contributed by atoms with Gasteiger partial charge in [-0.25, -0.2) is 0 Å². The summed E-state index contributed by atoms with van der Waals surface area (Å²) >= 11 is 0. The molecular formula is C35H69NO7. The molecule has 0 aliphatic carbocycles. The van der Waals surface area contributed by atoms with E-state index in [1.54, 1.807) is 0 Å². The van der Waals surface area contributed by atoms with Crippen LogP contribution in [0.3, 0.4) is 0 Å². The lowest BCUT2D eigenvalue weighted by Gasteiger charge is -2.33. The monoisotopic (exact) mass is 616 g/mol. The topological polar surface area (TPSA) is 117 Å². The van der Waals surface area contributed by atoms with E-state index >= 15 is 0 Å². The molecule has 0 fully saturated rings. The Morgan fingerprint density at radius 1 is 0.721 bits per heavy atom. The number of allylic oxidation sites excluding steroid dienone is 1. The molecule has 0 aromatic heterocycles.